The second-order valence-corrected chi connectivity index (χ2v) is 14.5. The van der Waals surface area contributed by atoms with Gasteiger partial charge in [0.1, 0.15) is 11.7 Å². The summed E-state index contributed by atoms with van der Waals surface area (Å²) in [6.45, 7) is 10.3. The standard InChI is InChI=1S/C36H53N5O6S/c1-22(2)29(41(7)35(45)31(23(3)4)39-33(44)28-16-12-13-17-40(28)6)20-30(42)34-38-27(21-48-34)32(43)37-26(18-24(5)36(46)47-8)19-25-14-10-9-11-15-25/h9-11,14-15,21-24,26,28-29,31H,12-13,16-20H2,1-8H3,(H,37,43)(H,39,44)/t24-,26+,28+,29+,31-/m0/s1. The first-order valence-corrected chi connectivity index (χ1v) is 17.8. The summed E-state index contributed by atoms with van der Waals surface area (Å²) in [5, 5.41) is 7.74. The van der Waals surface area contributed by atoms with Crippen molar-refractivity contribution >= 4 is 40.8 Å². The Kier molecular flexibility index (Phi) is 14.7. The van der Waals surface area contributed by atoms with Gasteiger partial charge in [-0.1, -0.05) is 71.4 Å². The monoisotopic (exact) mass is 683 g/mol. The number of hydrogen-bond acceptors (Lipinski definition) is 9. The number of thiazole rings is 1. The number of hydrogen-bond donors (Lipinski definition) is 2. The zero-order chi connectivity index (χ0) is 35.5. The molecule has 1 saturated heterocycles. The van der Waals surface area contributed by atoms with Crippen molar-refractivity contribution in [2.45, 2.75) is 97.3 Å². The van der Waals surface area contributed by atoms with E-state index in [2.05, 4.69) is 15.6 Å². The molecule has 0 unspecified atom stereocenters. The fraction of sp³-hybridized carbons (Fsp3) is 0.611. The average molecular weight is 684 g/mol. The predicted molar refractivity (Wildman–Crippen MR) is 187 cm³/mol. The number of carbonyl (C=O) groups is 5. The molecule has 2 heterocycles. The summed E-state index contributed by atoms with van der Waals surface area (Å²) in [6.07, 6.45) is 3.68. The van der Waals surface area contributed by atoms with Gasteiger partial charge in [0.25, 0.3) is 5.91 Å². The first kappa shape index (κ1) is 38.8. The van der Waals surface area contributed by atoms with Crippen LogP contribution in [0.5, 0.6) is 0 Å². The van der Waals surface area contributed by atoms with Crippen LogP contribution in [0.15, 0.2) is 35.7 Å². The van der Waals surface area contributed by atoms with Gasteiger partial charge in [-0.3, -0.25) is 28.9 Å². The third-order valence-corrected chi connectivity index (χ3v) is 10.1. The van der Waals surface area contributed by atoms with Crippen molar-refractivity contribution in [3.8, 4) is 0 Å². The molecule has 1 fully saturated rings. The van der Waals surface area contributed by atoms with Gasteiger partial charge in [0, 0.05) is 30.9 Å². The highest BCUT2D eigenvalue weighted by atomic mass is 32.1. The molecule has 0 radical (unpaired) electrons. The van der Waals surface area contributed by atoms with E-state index >= 15 is 0 Å². The first-order chi connectivity index (χ1) is 22.7. The minimum Gasteiger partial charge on any atom is -0.469 e. The molecule has 12 heteroatoms. The molecule has 2 aromatic rings. The van der Waals surface area contributed by atoms with Crippen LogP contribution >= 0.6 is 11.3 Å². The predicted octanol–water partition coefficient (Wildman–Crippen LogP) is 4.36. The van der Waals surface area contributed by atoms with E-state index in [1.54, 1.807) is 24.3 Å². The normalized spacial score (nSPS) is 17.7. The molecule has 3 amide bonds. The summed E-state index contributed by atoms with van der Waals surface area (Å²) in [7, 11) is 4.95. The number of methoxy groups -OCH3 is 1. The van der Waals surface area contributed by atoms with E-state index in [0.29, 0.717) is 12.8 Å². The lowest BCUT2D eigenvalue weighted by Gasteiger charge is -2.36. The maximum atomic E-state index is 13.8. The fourth-order valence-electron chi connectivity index (χ4n) is 6.23. The average Bonchev–Trinajstić information content (AvgIpc) is 3.56. The molecule has 0 spiro atoms. The van der Waals surface area contributed by atoms with Gasteiger partial charge in [-0.05, 0) is 56.7 Å². The summed E-state index contributed by atoms with van der Waals surface area (Å²) in [5.41, 5.74) is 1.13. The molecular formula is C36H53N5O6S. The van der Waals surface area contributed by atoms with E-state index in [1.807, 2.05) is 70.0 Å². The van der Waals surface area contributed by atoms with Crippen LogP contribution in [0.3, 0.4) is 0 Å². The quantitative estimate of drug-likeness (QED) is 0.197. The number of nitrogens with zero attached hydrogens (tertiary/aromatic N) is 3. The minimum atomic E-state index is -0.727. The van der Waals surface area contributed by atoms with E-state index in [9.17, 15) is 24.0 Å². The van der Waals surface area contributed by atoms with Gasteiger partial charge in [-0.2, -0.15) is 0 Å². The van der Waals surface area contributed by atoms with Gasteiger partial charge < -0.3 is 20.3 Å². The number of aromatic nitrogens is 1. The molecule has 48 heavy (non-hydrogen) atoms. The number of likely N-dealkylation sites (N-methyl/N-ethyl adjacent to an activating group) is 2. The molecular weight excluding hydrogens is 630 g/mol. The number of ketones is 1. The third kappa shape index (κ3) is 10.7. The Bertz CT molecular complexity index is 1400. The Labute approximate surface area is 289 Å². The molecule has 0 aliphatic carbocycles. The van der Waals surface area contributed by atoms with Gasteiger partial charge in [-0.15, -0.1) is 11.3 Å². The van der Waals surface area contributed by atoms with E-state index < -0.39 is 23.9 Å². The van der Waals surface area contributed by atoms with Crippen molar-refractivity contribution in [3.63, 3.8) is 0 Å². The summed E-state index contributed by atoms with van der Waals surface area (Å²) in [5.74, 6) is -2.09. The van der Waals surface area contributed by atoms with Crippen LogP contribution in [-0.4, -0.2) is 96.2 Å². The number of esters is 1. The van der Waals surface area contributed by atoms with Crippen LogP contribution in [0.2, 0.25) is 0 Å². The zero-order valence-electron chi connectivity index (χ0n) is 29.7. The maximum absolute atomic E-state index is 13.8. The second-order valence-electron chi connectivity index (χ2n) is 13.7. The number of likely N-dealkylation sites (tertiary alicyclic amines) is 1. The second kappa shape index (κ2) is 18.2. The summed E-state index contributed by atoms with van der Waals surface area (Å²) < 4.78 is 4.89. The minimum absolute atomic E-state index is 0.0197. The Morgan fingerprint density at radius 2 is 1.71 bits per heavy atom. The van der Waals surface area contributed by atoms with Crippen LogP contribution in [0.25, 0.3) is 0 Å². The highest BCUT2D eigenvalue weighted by molar-refractivity contribution is 7.11. The molecule has 3 rings (SSSR count). The Hall–Kier alpha value is -3.64. The number of piperidine rings is 1. The van der Waals surface area contributed by atoms with Crippen molar-refractivity contribution in [3.05, 3.63) is 52.0 Å². The smallest absolute Gasteiger partial charge is 0.308 e. The number of amides is 3. The number of benzene rings is 1. The van der Waals surface area contributed by atoms with Crippen LogP contribution in [-0.2, 0) is 25.5 Å². The summed E-state index contributed by atoms with van der Waals surface area (Å²) in [6, 6.07) is 7.86. The first-order valence-electron chi connectivity index (χ1n) is 16.9. The van der Waals surface area contributed by atoms with E-state index in [4.69, 9.17) is 4.74 Å². The van der Waals surface area contributed by atoms with Crippen LogP contribution in [0, 0.1) is 17.8 Å². The fourth-order valence-corrected chi connectivity index (χ4v) is 6.98. The number of rotatable bonds is 16. The highest BCUT2D eigenvalue weighted by Gasteiger charge is 2.36. The molecule has 1 aromatic carbocycles. The van der Waals surface area contributed by atoms with E-state index in [1.165, 1.54) is 7.11 Å². The number of carbonyl (C=O) groups excluding carboxylic acids is 5. The zero-order valence-corrected chi connectivity index (χ0v) is 30.5. The van der Waals surface area contributed by atoms with E-state index in [-0.39, 0.29) is 64.6 Å². The van der Waals surface area contributed by atoms with Gasteiger partial charge >= 0.3 is 5.97 Å². The Morgan fingerprint density at radius 3 is 2.31 bits per heavy atom. The lowest BCUT2D eigenvalue weighted by molar-refractivity contribution is -0.145. The van der Waals surface area contributed by atoms with Gasteiger partial charge in [0.15, 0.2) is 10.8 Å². The van der Waals surface area contributed by atoms with Crippen molar-refractivity contribution in [1.29, 1.82) is 0 Å². The third-order valence-electron chi connectivity index (χ3n) is 9.19. The van der Waals surface area contributed by atoms with Gasteiger partial charge in [-0.25, -0.2) is 4.98 Å². The van der Waals surface area contributed by atoms with Gasteiger partial charge in [0.05, 0.1) is 19.1 Å². The largest absolute Gasteiger partial charge is 0.469 e. The topological polar surface area (TPSA) is 138 Å². The van der Waals surface area contributed by atoms with Crippen molar-refractivity contribution < 1.29 is 28.7 Å². The van der Waals surface area contributed by atoms with E-state index in [0.717, 1.165) is 42.7 Å². The van der Waals surface area contributed by atoms with Crippen LogP contribution in [0.4, 0.5) is 0 Å². The van der Waals surface area contributed by atoms with Crippen LogP contribution < -0.4 is 10.6 Å². The number of Topliss-reactive ketones (excluding diaryl/α,β-unsaturated/α-hetero) is 1. The summed E-state index contributed by atoms with van der Waals surface area (Å²) >= 11 is 1.09. The molecule has 1 aliphatic rings. The molecule has 5 atom stereocenters. The van der Waals surface area contributed by atoms with Crippen molar-refractivity contribution in [1.82, 2.24) is 25.4 Å². The highest BCUT2D eigenvalue weighted by Crippen LogP contribution is 2.22. The molecule has 2 N–H and O–H groups in total. The van der Waals surface area contributed by atoms with Crippen molar-refractivity contribution in [2.24, 2.45) is 17.8 Å². The van der Waals surface area contributed by atoms with Crippen molar-refractivity contribution in [2.75, 3.05) is 27.7 Å². The number of nitrogens with one attached hydrogen (secondary N) is 2. The Morgan fingerprint density at radius 1 is 1.02 bits per heavy atom. The van der Waals surface area contributed by atoms with Gasteiger partial charge in [0.2, 0.25) is 11.8 Å². The lowest BCUT2D eigenvalue weighted by Crippen LogP contribution is -2.57. The molecule has 0 saturated carbocycles. The SMILES string of the molecule is COC(=O)[C@@H](C)C[C@H](Cc1ccccc1)NC(=O)c1csc(C(=O)C[C@H](C(C)C)N(C)C(=O)[C@@H](NC(=O)[C@H]2CCCCN2C)C(C)C)n1. The Balaban J connectivity index is 1.69. The molecule has 11 nitrogen and oxygen atoms in total. The molecule has 1 aliphatic heterocycles. The molecule has 1 aromatic heterocycles. The summed E-state index contributed by atoms with van der Waals surface area (Å²) in [4.78, 5) is 73.9. The van der Waals surface area contributed by atoms with Crippen LogP contribution in [0.1, 0.15) is 92.6 Å². The molecule has 264 valence electrons. The number of ether oxygens (including phenoxy) is 1. The lowest BCUT2D eigenvalue weighted by atomic mass is 9.94. The maximum Gasteiger partial charge on any atom is 0.308 e. The molecule has 0 bridgehead atoms.